The number of nitrogens with zero attached hydrogens (tertiary/aromatic N) is 4. The summed E-state index contributed by atoms with van der Waals surface area (Å²) in [5, 5.41) is 4.08. The zero-order valence-corrected chi connectivity index (χ0v) is 14.0. The van der Waals surface area contributed by atoms with E-state index < -0.39 is 17.6 Å². The molecular weight excluding hydrogens is 342 g/mol. The van der Waals surface area contributed by atoms with Crippen molar-refractivity contribution >= 4 is 17.3 Å². The highest BCUT2D eigenvalue weighted by atomic mass is 19.1. The molecule has 134 valence electrons. The summed E-state index contributed by atoms with van der Waals surface area (Å²) < 4.78 is 34.1. The zero-order chi connectivity index (χ0) is 18.3. The topological polar surface area (TPSA) is 59.7 Å². The van der Waals surface area contributed by atoms with Crippen LogP contribution in [0.1, 0.15) is 34.8 Å². The molecule has 2 aromatic heterocycles. The molecule has 0 unspecified atom stereocenters. The third-order valence-corrected chi connectivity index (χ3v) is 4.67. The van der Waals surface area contributed by atoms with Crippen LogP contribution in [0.3, 0.4) is 0 Å². The van der Waals surface area contributed by atoms with Gasteiger partial charge in [0.1, 0.15) is 29.3 Å². The number of halogens is 2. The van der Waals surface area contributed by atoms with Crippen LogP contribution in [-0.2, 0) is 4.74 Å². The minimum absolute atomic E-state index is 0.311. The third kappa shape index (κ3) is 2.67. The van der Waals surface area contributed by atoms with Gasteiger partial charge in [0.25, 0.3) is 0 Å². The Balaban J connectivity index is 1.76. The molecule has 0 radical (unpaired) electrons. The SMILES string of the molecule is COC(=O)c1cnn2cnc(N3CCC[C@@H]3c3cc(F)ccc3F)cc12. The molecule has 0 spiro atoms. The number of methoxy groups -OCH3 is 1. The summed E-state index contributed by atoms with van der Waals surface area (Å²) in [4.78, 5) is 18.2. The molecular formula is C18H16F2N4O2. The lowest BCUT2D eigenvalue weighted by molar-refractivity contribution is 0.0603. The summed E-state index contributed by atoms with van der Waals surface area (Å²) in [5.74, 6) is -0.829. The van der Waals surface area contributed by atoms with Gasteiger partial charge < -0.3 is 9.64 Å². The summed E-state index contributed by atoms with van der Waals surface area (Å²) in [6.45, 7) is 0.658. The normalized spacial score (nSPS) is 17.0. The lowest BCUT2D eigenvalue weighted by Crippen LogP contribution is -2.24. The Morgan fingerprint density at radius 2 is 2.15 bits per heavy atom. The maximum Gasteiger partial charge on any atom is 0.341 e. The number of rotatable bonds is 3. The van der Waals surface area contributed by atoms with Gasteiger partial charge in [-0.25, -0.2) is 23.1 Å². The summed E-state index contributed by atoms with van der Waals surface area (Å²) >= 11 is 0. The minimum atomic E-state index is -0.494. The first-order valence-electron chi connectivity index (χ1n) is 8.22. The van der Waals surface area contributed by atoms with E-state index >= 15 is 0 Å². The predicted octanol–water partition coefficient (Wildman–Crippen LogP) is 3.14. The van der Waals surface area contributed by atoms with E-state index in [-0.39, 0.29) is 6.04 Å². The van der Waals surface area contributed by atoms with Gasteiger partial charge in [-0.3, -0.25) is 0 Å². The molecule has 1 aromatic carbocycles. The fraction of sp³-hybridized carbons (Fsp3) is 0.278. The van der Waals surface area contributed by atoms with E-state index in [4.69, 9.17) is 4.74 Å². The first-order valence-corrected chi connectivity index (χ1v) is 8.22. The van der Waals surface area contributed by atoms with Gasteiger partial charge in [0.15, 0.2) is 0 Å². The van der Waals surface area contributed by atoms with E-state index in [0.717, 1.165) is 18.6 Å². The maximum absolute atomic E-state index is 14.2. The van der Waals surface area contributed by atoms with Gasteiger partial charge >= 0.3 is 5.97 Å². The van der Waals surface area contributed by atoms with Crippen molar-refractivity contribution < 1.29 is 18.3 Å². The Labute approximate surface area is 148 Å². The molecule has 6 nitrogen and oxygen atoms in total. The molecule has 0 amide bonds. The van der Waals surface area contributed by atoms with Gasteiger partial charge in [0.2, 0.25) is 0 Å². The first-order chi connectivity index (χ1) is 12.6. The van der Waals surface area contributed by atoms with Crippen LogP contribution in [0, 0.1) is 11.6 Å². The molecule has 0 N–H and O–H groups in total. The lowest BCUT2D eigenvalue weighted by Gasteiger charge is -2.26. The van der Waals surface area contributed by atoms with E-state index in [2.05, 4.69) is 10.1 Å². The van der Waals surface area contributed by atoms with Crippen molar-refractivity contribution in [1.82, 2.24) is 14.6 Å². The number of ether oxygens (including phenoxy) is 1. The van der Waals surface area contributed by atoms with E-state index in [9.17, 15) is 13.6 Å². The quantitative estimate of drug-likeness (QED) is 0.673. The molecule has 0 bridgehead atoms. The number of carbonyl (C=O) groups is 1. The molecule has 0 saturated carbocycles. The number of fused-ring (bicyclic) bond motifs is 1. The Kier molecular flexibility index (Phi) is 4.02. The third-order valence-electron chi connectivity index (χ3n) is 4.67. The molecule has 1 saturated heterocycles. The number of hydrogen-bond acceptors (Lipinski definition) is 5. The molecule has 1 fully saturated rings. The van der Waals surface area contributed by atoms with Crippen LogP contribution >= 0.6 is 0 Å². The molecule has 0 aliphatic carbocycles. The minimum Gasteiger partial charge on any atom is -0.465 e. The van der Waals surface area contributed by atoms with Gasteiger partial charge in [-0.05, 0) is 31.0 Å². The van der Waals surface area contributed by atoms with Gasteiger partial charge in [-0.1, -0.05) is 0 Å². The van der Waals surface area contributed by atoms with E-state index in [1.54, 1.807) is 6.07 Å². The monoisotopic (exact) mass is 358 g/mol. The Morgan fingerprint density at radius 1 is 1.31 bits per heavy atom. The van der Waals surface area contributed by atoms with Gasteiger partial charge in [0, 0.05) is 18.2 Å². The van der Waals surface area contributed by atoms with Crippen molar-refractivity contribution in [3.63, 3.8) is 0 Å². The van der Waals surface area contributed by atoms with Crippen LogP contribution in [0.4, 0.5) is 14.6 Å². The second-order valence-corrected chi connectivity index (χ2v) is 6.14. The highest BCUT2D eigenvalue weighted by Gasteiger charge is 2.30. The number of esters is 1. The van der Waals surface area contributed by atoms with Crippen molar-refractivity contribution in [2.75, 3.05) is 18.6 Å². The van der Waals surface area contributed by atoms with Gasteiger partial charge in [0.05, 0.1) is 24.9 Å². The number of hydrogen-bond donors (Lipinski definition) is 0. The number of aromatic nitrogens is 3. The first kappa shape index (κ1) is 16.4. The average molecular weight is 358 g/mol. The molecule has 1 aliphatic rings. The smallest absolute Gasteiger partial charge is 0.341 e. The van der Waals surface area contributed by atoms with Crippen molar-refractivity contribution in [2.24, 2.45) is 0 Å². The number of carbonyl (C=O) groups excluding carboxylic acids is 1. The predicted molar refractivity (Wildman–Crippen MR) is 90.0 cm³/mol. The Morgan fingerprint density at radius 3 is 2.96 bits per heavy atom. The van der Waals surface area contributed by atoms with Crippen LogP contribution in [0.25, 0.3) is 5.52 Å². The van der Waals surface area contributed by atoms with E-state index in [1.165, 1.54) is 30.2 Å². The fourth-order valence-corrected chi connectivity index (χ4v) is 3.44. The number of anilines is 1. The largest absolute Gasteiger partial charge is 0.465 e. The molecule has 26 heavy (non-hydrogen) atoms. The molecule has 1 aliphatic heterocycles. The van der Waals surface area contributed by atoms with Crippen molar-refractivity contribution in [2.45, 2.75) is 18.9 Å². The summed E-state index contributed by atoms with van der Waals surface area (Å²) in [7, 11) is 1.30. The summed E-state index contributed by atoms with van der Waals surface area (Å²) in [5.41, 5.74) is 1.18. The van der Waals surface area contributed by atoms with E-state index in [1.807, 2.05) is 4.90 Å². The number of benzene rings is 1. The highest BCUT2D eigenvalue weighted by molar-refractivity contribution is 5.97. The van der Waals surface area contributed by atoms with Crippen molar-refractivity contribution in [3.05, 3.63) is 59.6 Å². The standard InChI is InChI=1S/C18H16F2N4O2/c1-26-18(25)13-9-22-24-10-21-17(8-16(13)24)23-6-2-3-15(23)12-7-11(19)4-5-14(12)20/h4-5,7-10,15H,2-3,6H2,1H3/t15-/m1/s1. The van der Waals surface area contributed by atoms with Crippen LogP contribution in [0.5, 0.6) is 0 Å². The van der Waals surface area contributed by atoms with Crippen molar-refractivity contribution in [3.8, 4) is 0 Å². The fourth-order valence-electron chi connectivity index (χ4n) is 3.44. The summed E-state index contributed by atoms with van der Waals surface area (Å²) in [6, 6.07) is 4.89. The average Bonchev–Trinajstić information content (AvgIpc) is 3.29. The molecule has 3 heterocycles. The second-order valence-electron chi connectivity index (χ2n) is 6.14. The second kappa shape index (κ2) is 6.36. The van der Waals surface area contributed by atoms with Crippen LogP contribution in [0.15, 0.2) is 36.8 Å². The zero-order valence-electron chi connectivity index (χ0n) is 14.0. The van der Waals surface area contributed by atoms with Gasteiger partial charge in [-0.2, -0.15) is 5.10 Å². The highest BCUT2D eigenvalue weighted by Crippen LogP contribution is 2.37. The molecule has 3 aromatic rings. The van der Waals surface area contributed by atoms with Crippen molar-refractivity contribution in [1.29, 1.82) is 0 Å². The molecule has 4 rings (SSSR count). The Bertz CT molecular complexity index is 988. The molecule has 8 heteroatoms. The Hall–Kier alpha value is -3.03. The lowest BCUT2D eigenvalue weighted by atomic mass is 10.0. The van der Waals surface area contributed by atoms with Crippen LogP contribution in [0.2, 0.25) is 0 Å². The summed E-state index contributed by atoms with van der Waals surface area (Å²) in [6.07, 6.45) is 4.43. The van der Waals surface area contributed by atoms with Crippen LogP contribution in [-0.4, -0.2) is 34.2 Å². The van der Waals surface area contributed by atoms with Gasteiger partial charge in [-0.15, -0.1) is 0 Å². The molecule has 1 atom stereocenters. The maximum atomic E-state index is 14.2. The van der Waals surface area contributed by atoms with E-state index in [0.29, 0.717) is 35.4 Å². The van der Waals surface area contributed by atoms with Crippen LogP contribution < -0.4 is 4.90 Å².